The van der Waals surface area contributed by atoms with Gasteiger partial charge in [0, 0.05) is 11.8 Å². The van der Waals surface area contributed by atoms with E-state index in [9.17, 15) is 9.59 Å². The highest BCUT2D eigenvalue weighted by molar-refractivity contribution is 5.01. The number of hydrogen-bond acceptors (Lipinski definition) is 3. The van der Waals surface area contributed by atoms with Gasteiger partial charge in [0.25, 0.3) is 5.56 Å². The molecule has 94 valence electrons. The van der Waals surface area contributed by atoms with Crippen LogP contribution in [0.25, 0.3) is 0 Å². The smallest absolute Gasteiger partial charge is 0.330 e. The molecule has 0 aliphatic carbocycles. The Morgan fingerprint density at radius 3 is 2.82 bits per heavy atom. The van der Waals surface area contributed by atoms with Crippen molar-refractivity contribution in [3.05, 3.63) is 32.6 Å². The summed E-state index contributed by atoms with van der Waals surface area (Å²) in [7, 11) is 0. The Bertz CT molecular complexity index is 517. The fraction of sp³-hybridized carbons (Fsp3) is 0.667. The van der Waals surface area contributed by atoms with E-state index in [0.717, 1.165) is 12.8 Å². The van der Waals surface area contributed by atoms with Crippen LogP contribution in [0, 0.1) is 12.8 Å². The predicted molar refractivity (Wildman–Crippen MR) is 64.0 cm³/mol. The van der Waals surface area contributed by atoms with Gasteiger partial charge in [-0.1, -0.05) is 13.8 Å². The van der Waals surface area contributed by atoms with E-state index in [2.05, 4.69) is 18.8 Å². The molecule has 17 heavy (non-hydrogen) atoms. The molecule has 1 N–H and O–H groups in total. The van der Waals surface area contributed by atoms with E-state index >= 15 is 0 Å². The van der Waals surface area contributed by atoms with Crippen LogP contribution in [-0.4, -0.2) is 15.7 Å². The van der Waals surface area contributed by atoms with Crippen LogP contribution in [0.15, 0.2) is 15.8 Å². The quantitative estimate of drug-likeness (QED) is 0.841. The molecule has 1 aliphatic heterocycles. The van der Waals surface area contributed by atoms with Crippen molar-refractivity contribution in [1.82, 2.24) is 9.55 Å². The summed E-state index contributed by atoms with van der Waals surface area (Å²) < 4.78 is 7.31. The molecule has 0 amide bonds. The van der Waals surface area contributed by atoms with Gasteiger partial charge in [-0.15, -0.1) is 0 Å². The summed E-state index contributed by atoms with van der Waals surface area (Å²) in [6.45, 7) is 5.88. The highest BCUT2D eigenvalue weighted by atomic mass is 16.5. The van der Waals surface area contributed by atoms with Gasteiger partial charge in [0.15, 0.2) is 0 Å². The van der Waals surface area contributed by atoms with Gasteiger partial charge in [-0.05, 0) is 25.7 Å². The van der Waals surface area contributed by atoms with Crippen molar-refractivity contribution in [3.63, 3.8) is 0 Å². The van der Waals surface area contributed by atoms with Gasteiger partial charge >= 0.3 is 5.69 Å². The third-order valence-electron chi connectivity index (χ3n) is 3.40. The molecular formula is C12H18N2O3. The maximum absolute atomic E-state index is 11.7. The first-order valence-corrected chi connectivity index (χ1v) is 6.00. The lowest BCUT2D eigenvalue weighted by atomic mass is 10.0. The number of aryl methyl sites for hydroxylation is 1. The fourth-order valence-electron chi connectivity index (χ4n) is 2.34. The molecule has 1 aromatic heterocycles. The molecule has 2 unspecified atom stereocenters. The number of hydrogen-bond donors (Lipinski definition) is 1. The number of rotatable bonds is 2. The molecule has 0 bridgehead atoms. The Morgan fingerprint density at radius 2 is 2.24 bits per heavy atom. The van der Waals surface area contributed by atoms with Crippen LogP contribution >= 0.6 is 0 Å². The predicted octanol–water partition coefficient (Wildman–Crippen LogP) is 1.18. The summed E-state index contributed by atoms with van der Waals surface area (Å²) in [6.07, 6.45) is 3.27. The summed E-state index contributed by atoms with van der Waals surface area (Å²) in [5.74, 6) is 0.434. The second-order valence-corrected chi connectivity index (χ2v) is 4.73. The van der Waals surface area contributed by atoms with E-state index in [-0.39, 0.29) is 17.9 Å². The first kappa shape index (κ1) is 12.1. The van der Waals surface area contributed by atoms with Gasteiger partial charge in [0.05, 0.1) is 6.10 Å². The number of aromatic nitrogens is 2. The summed E-state index contributed by atoms with van der Waals surface area (Å²) in [6, 6.07) is 0. The van der Waals surface area contributed by atoms with Crippen LogP contribution in [0.5, 0.6) is 0 Å². The number of nitrogens with zero attached hydrogens (tertiary/aromatic N) is 1. The van der Waals surface area contributed by atoms with Gasteiger partial charge in [0.1, 0.15) is 6.23 Å². The standard InChI is InChI=1S/C12H18N2O3/c1-4-9-7(2)5-10(17-9)14-6-8(3)11(15)13-12(14)16/h6-7,9-10H,4-5H2,1-3H3,(H,13,15,16)/t7-,9?,10?/m1/s1. The van der Waals surface area contributed by atoms with Crippen LogP contribution in [0.3, 0.4) is 0 Å². The van der Waals surface area contributed by atoms with Crippen LogP contribution < -0.4 is 11.2 Å². The van der Waals surface area contributed by atoms with Crippen molar-refractivity contribution in [2.75, 3.05) is 0 Å². The monoisotopic (exact) mass is 238 g/mol. The van der Waals surface area contributed by atoms with Gasteiger partial charge in [0.2, 0.25) is 0 Å². The van der Waals surface area contributed by atoms with E-state index in [1.807, 2.05) is 0 Å². The lowest BCUT2D eigenvalue weighted by Gasteiger charge is -2.15. The van der Waals surface area contributed by atoms with Crippen molar-refractivity contribution in [2.45, 2.75) is 45.9 Å². The third kappa shape index (κ3) is 2.20. The van der Waals surface area contributed by atoms with Crippen LogP contribution in [0.4, 0.5) is 0 Å². The normalized spacial score (nSPS) is 28.5. The minimum Gasteiger partial charge on any atom is -0.354 e. The molecule has 0 aromatic carbocycles. The zero-order chi connectivity index (χ0) is 12.6. The van der Waals surface area contributed by atoms with Gasteiger partial charge in [-0.2, -0.15) is 0 Å². The Morgan fingerprint density at radius 1 is 1.53 bits per heavy atom. The zero-order valence-corrected chi connectivity index (χ0v) is 10.4. The molecule has 1 aliphatic rings. The average Bonchev–Trinajstić information content (AvgIpc) is 2.65. The Labute approximate surface area is 99.4 Å². The van der Waals surface area contributed by atoms with Crippen molar-refractivity contribution in [1.29, 1.82) is 0 Å². The molecule has 5 heteroatoms. The topological polar surface area (TPSA) is 64.1 Å². The molecule has 2 rings (SSSR count). The summed E-state index contributed by atoms with van der Waals surface area (Å²) >= 11 is 0. The van der Waals surface area contributed by atoms with E-state index in [4.69, 9.17) is 4.74 Å². The van der Waals surface area contributed by atoms with E-state index in [1.54, 1.807) is 13.1 Å². The second-order valence-electron chi connectivity index (χ2n) is 4.73. The van der Waals surface area contributed by atoms with Crippen molar-refractivity contribution in [3.8, 4) is 0 Å². The molecule has 0 spiro atoms. The molecule has 3 atom stereocenters. The molecule has 2 heterocycles. The van der Waals surface area contributed by atoms with Gasteiger partial charge in [-0.3, -0.25) is 14.3 Å². The van der Waals surface area contributed by atoms with Gasteiger partial charge < -0.3 is 4.74 Å². The minimum absolute atomic E-state index is 0.194. The highest BCUT2D eigenvalue weighted by Gasteiger charge is 2.32. The average molecular weight is 238 g/mol. The molecule has 0 saturated carbocycles. The van der Waals surface area contributed by atoms with Crippen molar-refractivity contribution in [2.24, 2.45) is 5.92 Å². The van der Waals surface area contributed by atoms with Crippen LogP contribution in [0.2, 0.25) is 0 Å². The highest BCUT2D eigenvalue weighted by Crippen LogP contribution is 2.33. The fourth-order valence-corrected chi connectivity index (χ4v) is 2.34. The number of ether oxygens (including phenoxy) is 1. The minimum atomic E-state index is -0.394. The molecule has 1 fully saturated rings. The Kier molecular flexibility index (Phi) is 3.19. The molecule has 0 radical (unpaired) electrons. The van der Waals surface area contributed by atoms with Crippen molar-refractivity contribution < 1.29 is 4.74 Å². The first-order chi connectivity index (χ1) is 8.02. The number of H-pyrrole nitrogens is 1. The summed E-state index contributed by atoms with van der Waals surface area (Å²) in [5, 5.41) is 0. The van der Waals surface area contributed by atoms with Gasteiger partial charge in [-0.25, -0.2) is 4.79 Å². The Balaban J connectivity index is 2.34. The Hall–Kier alpha value is -1.36. The maximum Gasteiger partial charge on any atom is 0.330 e. The third-order valence-corrected chi connectivity index (χ3v) is 3.40. The van der Waals surface area contributed by atoms with E-state index < -0.39 is 5.69 Å². The lowest BCUT2D eigenvalue weighted by molar-refractivity contribution is -0.00768. The molecule has 1 aromatic rings. The molecular weight excluding hydrogens is 220 g/mol. The SMILES string of the molecule is CCC1OC(n2cc(C)c(=O)[nH]c2=O)C[C@H]1C. The summed E-state index contributed by atoms with van der Waals surface area (Å²) in [5.41, 5.74) is -0.195. The zero-order valence-electron chi connectivity index (χ0n) is 10.4. The first-order valence-electron chi connectivity index (χ1n) is 6.00. The largest absolute Gasteiger partial charge is 0.354 e. The van der Waals surface area contributed by atoms with E-state index in [1.165, 1.54) is 4.57 Å². The number of nitrogens with one attached hydrogen (secondary N) is 1. The summed E-state index contributed by atoms with van der Waals surface area (Å²) in [4.78, 5) is 25.3. The number of aromatic amines is 1. The lowest BCUT2D eigenvalue weighted by Crippen LogP contribution is -2.33. The second kappa shape index (κ2) is 4.49. The maximum atomic E-state index is 11.7. The molecule has 1 saturated heterocycles. The van der Waals surface area contributed by atoms with Crippen molar-refractivity contribution >= 4 is 0 Å². The van der Waals surface area contributed by atoms with Crippen LogP contribution in [0.1, 0.15) is 38.5 Å². The van der Waals surface area contributed by atoms with E-state index in [0.29, 0.717) is 11.5 Å². The van der Waals surface area contributed by atoms with Crippen LogP contribution in [-0.2, 0) is 4.74 Å². The molecule has 5 nitrogen and oxygen atoms in total.